The molecule has 1 aromatic rings. The largest absolute Gasteiger partial charge is 0.503 e. The fraction of sp³-hybridized carbons (Fsp3) is 0.696. The molecule has 1 aliphatic heterocycles. The number of nitrogens with zero attached hydrogens (tertiary/aromatic N) is 1. The molecule has 9 heteroatoms. The van der Waals surface area contributed by atoms with Gasteiger partial charge in [0.2, 0.25) is 0 Å². The normalized spacial score (nSPS) is 24.2. The number of amides is 1. The first-order valence-corrected chi connectivity index (χ1v) is 11.2. The van der Waals surface area contributed by atoms with Crippen LogP contribution in [0, 0.1) is 5.92 Å². The molecule has 1 saturated heterocycles. The third-order valence-corrected chi connectivity index (χ3v) is 5.18. The Hall–Kier alpha value is -2.39. The molecule has 0 bridgehead atoms. The van der Waals surface area contributed by atoms with Crippen molar-refractivity contribution in [3.05, 3.63) is 18.0 Å². The summed E-state index contributed by atoms with van der Waals surface area (Å²) < 4.78 is 22.8. The van der Waals surface area contributed by atoms with Gasteiger partial charge in [-0.25, -0.2) is 9.78 Å². The van der Waals surface area contributed by atoms with E-state index in [1.165, 1.54) is 19.4 Å². The van der Waals surface area contributed by atoms with Crippen LogP contribution in [-0.4, -0.2) is 66.6 Å². The molecular weight excluding hydrogens is 416 g/mol. The Labute approximate surface area is 189 Å². The highest BCUT2D eigenvalue weighted by Crippen LogP contribution is 2.28. The monoisotopic (exact) mass is 452 g/mol. The van der Waals surface area contributed by atoms with E-state index in [2.05, 4.69) is 24.1 Å². The topological polar surface area (TPSA) is 116 Å². The fourth-order valence-corrected chi connectivity index (χ4v) is 3.56. The Morgan fingerprint density at radius 2 is 2.09 bits per heavy atom. The predicted octanol–water partition coefficient (Wildman–Crippen LogP) is 2.85. The smallest absolute Gasteiger partial charge is 0.329 e. The molecule has 0 radical (unpaired) electrons. The lowest BCUT2D eigenvalue weighted by molar-refractivity contribution is -0.168. The lowest BCUT2D eigenvalue weighted by Gasteiger charge is -2.31. The van der Waals surface area contributed by atoms with Gasteiger partial charge in [0.05, 0.1) is 13.2 Å². The average molecular weight is 453 g/mol. The third-order valence-electron chi connectivity index (χ3n) is 5.18. The first-order chi connectivity index (χ1) is 15.3. The second-order valence-electron chi connectivity index (χ2n) is 8.41. The zero-order valence-electron chi connectivity index (χ0n) is 19.6. The van der Waals surface area contributed by atoms with Crippen LogP contribution >= 0.6 is 0 Å². The number of aromatic nitrogens is 1. The van der Waals surface area contributed by atoms with Crippen molar-refractivity contribution in [1.82, 2.24) is 10.3 Å². The van der Waals surface area contributed by atoms with Crippen molar-refractivity contribution in [2.45, 2.75) is 77.7 Å². The van der Waals surface area contributed by atoms with E-state index in [-0.39, 0.29) is 23.3 Å². The number of carbonyl (C=O) groups is 2. The summed E-state index contributed by atoms with van der Waals surface area (Å²) in [5.41, 5.74) is -0.215. The van der Waals surface area contributed by atoms with E-state index in [9.17, 15) is 14.7 Å². The predicted molar refractivity (Wildman–Crippen MR) is 118 cm³/mol. The number of cyclic esters (lactones) is 1. The zero-order chi connectivity index (χ0) is 23.7. The van der Waals surface area contributed by atoms with E-state index < -0.39 is 30.1 Å². The summed E-state index contributed by atoms with van der Waals surface area (Å²) in [4.78, 5) is 29.5. The summed E-state index contributed by atoms with van der Waals surface area (Å²) in [5.74, 6) is -1.13. The van der Waals surface area contributed by atoms with E-state index in [1.54, 1.807) is 6.92 Å². The highest BCUT2D eigenvalue weighted by Gasteiger charge is 2.36. The quantitative estimate of drug-likeness (QED) is 0.550. The molecule has 4 atom stereocenters. The average Bonchev–Trinajstić information content (AvgIpc) is 2.80. The molecule has 9 nitrogen and oxygen atoms in total. The maximum Gasteiger partial charge on any atom is 0.329 e. The van der Waals surface area contributed by atoms with Gasteiger partial charge < -0.3 is 29.4 Å². The lowest BCUT2D eigenvalue weighted by Crippen LogP contribution is -2.45. The second kappa shape index (κ2) is 12.6. The molecule has 0 saturated carbocycles. The van der Waals surface area contributed by atoms with E-state index in [1.807, 2.05) is 6.92 Å². The van der Waals surface area contributed by atoms with E-state index in [0.29, 0.717) is 38.4 Å². The van der Waals surface area contributed by atoms with Crippen LogP contribution in [0.4, 0.5) is 0 Å². The summed E-state index contributed by atoms with van der Waals surface area (Å²) in [5, 5.41) is 12.8. The number of methoxy groups -OCH3 is 1. The highest BCUT2D eigenvalue weighted by atomic mass is 16.6. The molecule has 1 fully saturated rings. The molecule has 2 N–H and O–H groups in total. The minimum Gasteiger partial charge on any atom is -0.503 e. The number of rotatable bonds is 9. The number of aromatic hydroxyl groups is 1. The SMILES string of the molecule is CCCO[C@H]1[C@H](C)OC(=O)[C@@H](NC(=O)c2nccc(OC)c2O)CCC[C@@H]1OCC(C)C. The van der Waals surface area contributed by atoms with Crippen LogP contribution in [0.1, 0.15) is 63.9 Å². The molecule has 0 unspecified atom stereocenters. The number of pyridine rings is 1. The minimum absolute atomic E-state index is 0.122. The van der Waals surface area contributed by atoms with Crippen LogP contribution in [0.5, 0.6) is 11.5 Å². The Kier molecular flexibility index (Phi) is 10.2. The number of ether oxygens (including phenoxy) is 4. The molecule has 32 heavy (non-hydrogen) atoms. The van der Waals surface area contributed by atoms with Crippen LogP contribution in [-0.2, 0) is 19.0 Å². The van der Waals surface area contributed by atoms with Crippen molar-refractivity contribution in [2.24, 2.45) is 5.92 Å². The number of esters is 1. The zero-order valence-corrected chi connectivity index (χ0v) is 19.6. The second-order valence-corrected chi connectivity index (χ2v) is 8.41. The van der Waals surface area contributed by atoms with Gasteiger partial charge in [-0.3, -0.25) is 4.79 Å². The first-order valence-electron chi connectivity index (χ1n) is 11.2. The van der Waals surface area contributed by atoms with E-state index in [4.69, 9.17) is 18.9 Å². The van der Waals surface area contributed by atoms with Crippen molar-refractivity contribution in [1.29, 1.82) is 0 Å². The van der Waals surface area contributed by atoms with Crippen molar-refractivity contribution in [2.75, 3.05) is 20.3 Å². The third kappa shape index (κ3) is 7.06. The Morgan fingerprint density at radius 3 is 2.75 bits per heavy atom. The molecule has 0 spiro atoms. The Morgan fingerprint density at radius 1 is 1.34 bits per heavy atom. The molecule has 0 aliphatic carbocycles. The van der Waals surface area contributed by atoms with Gasteiger partial charge in [-0.15, -0.1) is 0 Å². The molecule has 2 heterocycles. The molecule has 0 aromatic carbocycles. The van der Waals surface area contributed by atoms with Gasteiger partial charge in [-0.05, 0) is 38.5 Å². The van der Waals surface area contributed by atoms with Crippen molar-refractivity contribution in [3.63, 3.8) is 0 Å². The van der Waals surface area contributed by atoms with Gasteiger partial charge in [-0.1, -0.05) is 20.8 Å². The van der Waals surface area contributed by atoms with Crippen LogP contribution in [0.15, 0.2) is 12.3 Å². The maximum atomic E-state index is 12.9. The minimum atomic E-state index is -0.881. The summed E-state index contributed by atoms with van der Waals surface area (Å²) in [6.07, 6.45) is 2.68. The fourth-order valence-electron chi connectivity index (χ4n) is 3.56. The number of nitrogens with one attached hydrogen (secondary N) is 1. The molecule has 1 aromatic heterocycles. The van der Waals surface area contributed by atoms with Gasteiger partial charge in [0.1, 0.15) is 18.2 Å². The molecule has 1 aliphatic rings. The summed E-state index contributed by atoms with van der Waals surface area (Å²) >= 11 is 0. The standard InChI is InChI=1S/C23H36N2O7/c1-6-12-30-21-15(4)32-23(28)16(8-7-9-18(21)31-13-14(2)3)25-22(27)19-20(26)17(29-5)10-11-24-19/h10-11,14-16,18,21,26H,6-9,12-13H2,1-5H3,(H,25,27)/t15-,16-,18-,21-/m0/s1. The highest BCUT2D eigenvalue weighted by molar-refractivity contribution is 5.97. The summed E-state index contributed by atoms with van der Waals surface area (Å²) in [7, 11) is 1.38. The van der Waals surface area contributed by atoms with Crippen LogP contribution in [0.3, 0.4) is 0 Å². The van der Waals surface area contributed by atoms with Crippen molar-refractivity contribution in [3.8, 4) is 11.5 Å². The molecular formula is C23H36N2O7. The number of hydrogen-bond acceptors (Lipinski definition) is 8. The molecule has 180 valence electrons. The van der Waals surface area contributed by atoms with Crippen molar-refractivity contribution >= 4 is 11.9 Å². The summed E-state index contributed by atoms with van der Waals surface area (Å²) in [6.45, 7) is 9.07. The Bertz CT molecular complexity index is 756. The van der Waals surface area contributed by atoms with Gasteiger partial charge >= 0.3 is 5.97 Å². The Balaban J connectivity index is 2.16. The summed E-state index contributed by atoms with van der Waals surface area (Å²) in [6, 6.07) is 0.559. The lowest BCUT2D eigenvalue weighted by atomic mass is 10.0. The van der Waals surface area contributed by atoms with Gasteiger partial charge in [0, 0.05) is 25.5 Å². The molecule has 2 rings (SSSR count). The van der Waals surface area contributed by atoms with Gasteiger partial charge in [0.15, 0.2) is 17.2 Å². The van der Waals surface area contributed by atoms with Crippen LogP contribution in [0.2, 0.25) is 0 Å². The van der Waals surface area contributed by atoms with Gasteiger partial charge in [-0.2, -0.15) is 0 Å². The van der Waals surface area contributed by atoms with Crippen LogP contribution in [0.25, 0.3) is 0 Å². The van der Waals surface area contributed by atoms with Gasteiger partial charge in [0.25, 0.3) is 5.91 Å². The van der Waals surface area contributed by atoms with E-state index in [0.717, 1.165) is 6.42 Å². The molecule has 1 amide bonds. The first kappa shape index (κ1) is 25.9. The number of carbonyl (C=O) groups excluding carboxylic acids is 2. The maximum absolute atomic E-state index is 12.9. The van der Waals surface area contributed by atoms with E-state index >= 15 is 0 Å². The van der Waals surface area contributed by atoms with Crippen LogP contribution < -0.4 is 10.1 Å². The van der Waals surface area contributed by atoms with Crippen molar-refractivity contribution < 1.29 is 33.6 Å². The number of hydrogen-bond donors (Lipinski definition) is 2.